The van der Waals surface area contributed by atoms with Crippen molar-refractivity contribution in [2.75, 3.05) is 20.2 Å². The molecule has 1 unspecified atom stereocenters. The van der Waals surface area contributed by atoms with Crippen molar-refractivity contribution in [1.29, 1.82) is 0 Å². The zero-order valence-electron chi connectivity index (χ0n) is 11.3. The number of likely N-dealkylation sites (N-methyl/N-ethyl adjacent to an activating group) is 1. The van der Waals surface area contributed by atoms with Gasteiger partial charge in [0.1, 0.15) is 17.6 Å². The van der Waals surface area contributed by atoms with Gasteiger partial charge in [0.05, 0.1) is 0 Å². The van der Waals surface area contributed by atoms with Gasteiger partial charge in [0.15, 0.2) is 0 Å². The highest BCUT2D eigenvalue weighted by atomic mass is 35.5. The summed E-state index contributed by atoms with van der Waals surface area (Å²) in [7, 11) is 2.16. The van der Waals surface area contributed by atoms with Crippen molar-refractivity contribution in [1.82, 2.24) is 14.9 Å². The third kappa shape index (κ3) is 3.37. The first-order chi connectivity index (χ1) is 9.22. The van der Waals surface area contributed by atoms with E-state index in [-0.39, 0.29) is 0 Å². The fourth-order valence-corrected chi connectivity index (χ4v) is 2.73. The van der Waals surface area contributed by atoms with Gasteiger partial charge in [-0.2, -0.15) is 4.98 Å². The summed E-state index contributed by atoms with van der Waals surface area (Å²) in [5.74, 6) is 1.97. The lowest BCUT2D eigenvalue weighted by Crippen LogP contribution is -2.40. The molecular weight excluding hydrogens is 262 g/mol. The fraction of sp³-hybridized carbons (Fsp3) is 0.714. The molecule has 19 heavy (non-hydrogen) atoms. The van der Waals surface area contributed by atoms with Gasteiger partial charge in [-0.1, -0.05) is 18.0 Å². The Balaban J connectivity index is 1.62. The molecule has 4 nitrogen and oxygen atoms in total. The predicted octanol–water partition coefficient (Wildman–Crippen LogP) is 2.87. The Hall–Kier alpha value is -0.870. The van der Waals surface area contributed by atoms with Gasteiger partial charge in [0.25, 0.3) is 0 Å². The number of piperidine rings is 1. The molecule has 0 amide bonds. The van der Waals surface area contributed by atoms with Crippen molar-refractivity contribution in [3.05, 3.63) is 17.0 Å². The van der Waals surface area contributed by atoms with Crippen molar-refractivity contribution < 1.29 is 4.74 Å². The van der Waals surface area contributed by atoms with Crippen LogP contribution in [0.25, 0.3) is 0 Å². The minimum atomic E-state index is 0.490. The van der Waals surface area contributed by atoms with Crippen LogP contribution >= 0.6 is 11.6 Å². The van der Waals surface area contributed by atoms with E-state index in [4.69, 9.17) is 16.3 Å². The minimum absolute atomic E-state index is 0.490. The summed E-state index contributed by atoms with van der Waals surface area (Å²) < 4.78 is 5.84. The normalized spacial score (nSPS) is 24.4. The highest BCUT2D eigenvalue weighted by molar-refractivity contribution is 6.29. The van der Waals surface area contributed by atoms with Crippen LogP contribution in [0.2, 0.25) is 5.15 Å². The molecule has 1 aliphatic heterocycles. The molecular formula is C14H20ClN3O. The van der Waals surface area contributed by atoms with Crippen LogP contribution < -0.4 is 4.74 Å². The first-order valence-electron chi connectivity index (χ1n) is 7.10. The van der Waals surface area contributed by atoms with Gasteiger partial charge >= 0.3 is 0 Å². The summed E-state index contributed by atoms with van der Waals surface area (Å²) in [4.78, 5) is 11.1. The molecule has 1 aromatic heterocycles. The molecule has 1 saturated heterocycles. The SMILES string of the molecule is CN1CCCCC1COc1cc(Cl)nc(C2CC2)n1. The van der Waals surface area contributed by atoms with Gasteiger partial charge in [-0.15, -0.1) is 0 Å². The second-order valence-electron chi connectivity index (χ2n) is 5.60. The van der Waals surface area contributed by atoms with Crippen LogP contribution in [0, 0.1) is 0 Å². The van der Waals surface area contributed by atoms with Crippen LogP contribution in [-0.2, 0) is 0 Å². The van der Waals surface area contributed by atoms with Crippen LogP contribution in [-0.4, -0.2) is 41.1 Å². The van der Waals surface area contributed by atoms with Crippen molar-refractivity contribution in [2.45, 2.75) is 44.1 Å². The second-order valence-corrected chi connectivity index (χ2v) is 5.99. The van der Waals surface area contributed by atoms with Crippen molar-refractivity contribution >= 4 is 11.6 Å². The Kier molecular flexibility index (Phi) is 3.89. The maximum absolute atomic E-state index is 6.03. The quantitative estimate of drug-likeness (QED) is 0.796. The van der Waals surface area contributed by atoms with E-state index in [0.717, 1.165) is 12.4 Å². The van der Waals surface area contributed by atoms with Gasteiger partial charge in [0, 0.05) is 18.0 Å². The Morgan fingerprint density at radius 3 is 2.89 bits per heavy atom. The molecule has 0 N–H and O–H groups in total. The monoisotopic (exact) mass is 281 g/mol. The molecule has 1 saturated carbocycles. The van der Waals surface area contributed by atoms with Gasteiger partial charge in [-0.25, -0.2) is 4.98 Å². The Morgan fingerprint density at radius 2 is 2.16 bits per heavy atom. The predicted molar refractivity (Wildman–Crippen MR) is 74.8 cm³/mol. The number of hydrogen-bond acceptors (Lipinski definition) is 4. The van der Waals surface area contributed by atoms with Crippen LogP contribution in [0.4, 0.5) is 0 Å². The maximum atomic E-state index is 6.03. The number of hydrogen-bond donors (Lipinski definition) is 0. The number of nitrogens with zero attached hydrogens (tertiary/aromatic N) is 3. The van der Waals surface area contributed by atoms with Gasteiger partial charge in [-0.05, 0) is 39.3 Å². The lowest BCUT2D eigenvalue weighted by molar-refractivity contribution is 0.122. The van der Waals surface area contributed by atoms with Gasteiger partial charge in [0.2, 0.25) is 5.88 Å². The molecule has 5 heteroatoms. The molecule has 2 fully saturated rings. The van der Waals surface area contributed by atoms with E-state index in [0.29, 0.717) is 29.6 Å². The molecule has 1 aliphatic carbocycles. The molecule has 0 aromatic carbocycles. The Bertz CT molecular complexity index is 450. The topological polar surface area (TPSA) is 38.2 Å². The third-order valence-electron chi connectivity index (χ3n) is 3.98. The molecule has 0 bridgehead atoms. The number of halogens is 1. The highest BCUT2D eigenvalue weighted by Gasteiger charge is 2.27. The largest absolute Gasteiger partial charge is 0.476 e. The van der Waals surface area contributed by atoms with Crippen LogP contribution in [0.15, 0.2) is 6.07 Å². The van der Waals surface area contributed by atoms with Crippen LogP contribution in [0.3, 0.4) is 0 Å². The zero-order valence-corrected chi connectivity index (χ0v) is 12.1. The Morgan fingerprint density at radius 1 is 1.32 bits per heavy atom. The number of ether oxygens (including phenoxy) is 1. The molecule has 1 aromatic rings. The fourth-order valence-electron chi connectivity index (χ4n) is 2.55. The van der Waals surface area contributed by atoms with E-state index in [1.165, 1.54) is 32.1 Å². The number of aromatic nitrogens is 2. The lowest BCUT2D eigenvalue weighted by Gasteiger charge is -2.31. The minimum Gasteiger partial charge on any atom is -0.476 e. The van der Waals surface area contributed by atoms with E-state index in [9.17, 15) is 0 Å². The van der Waals surface area contributed by atoms with Crippen LogP contribution in [0.1, 0.15) is 43.8 Å². The summed E-state index contributed by atoms with van der Waals surface area (Å²) in [5, 5.41) is 0.490. The van der Waals surface area contributed by atoms with Gasteiger partial charge in [-0.3, -0.25) is 0 Å². The summed E-state index contributed by atoms with van der Waals surface area (Å²) in [6, 6.07) is 2.21. The van der Waals surface area contributed by atoms with E-state index in [1.807, 2.05) is 0 Å². The summed E-state index contributed by atoms with van der Waals surface area (Å²) >= 11 is 6.03. The molecule has 2 aliphatic rings. The zero-order chi connectivity index (χ0) is 13.2. The molecule has 0 radical (unpaired) electrons. The lowest BCUT2D eigenvalue weighted by atomic mass is 10.0. The molecule has 1 atom stereocenters. The second kappa shape index (κ2) is 5.63. The van der Waals surface area contributed by atoms with E-state index in [2.05, 4.69) is 21.9 Å². The van der Waals surface area contributed by atoms with Crippen LogP contribution in [0.5, 0.6) is 5.88 Å². The Labute approximate surface area is 119 Å². The molecule has 3 rings (SSSR count). The van der Waals surface area contributed by atoms with Gasteiger partial charge < -0.3 is 9.64 Å². The number of likely N-dealkylation sites (tertiary alicyclic amines) is 1. The smallest absolute Gasteiger partial charge is 0.218 e. The molecule has 2 heterocycles. The van der Waals surface area contributed by atoms with Crippen molar-refractivity contribution in [3.63, 3.8) is 0 Å². The van der Waals surface area contributed by atoms with Crippen molar-refractivity contribution in [2.24, 2.45) is 0 Å². The average Bonchev–Trinajstić information content (AvgIpc) is 3.21. The first kappa shape index (κ1) is 13.1. The maximum Gasteiger partial charge on any atom is 0.218 e. The molecule has 0 spiro atoms. The first-order valence-corrected chi connectivity index (χ1v) is 7.47. The third-order valence-corrected chi connectivity index (χ3v) is 4.17. The number of rotatable bonds is 4. The van der Waals surface area contributed by atoms with E-state index < -0.39 is 0 Å². The summed E-state index contributed by atoms with van der Waals surface area (Å²) in [5.41, 5.74) is 0. The average molecular weight is 282 g/mol. The standard InChI is InChI=1S/C14H20ClN3O/c1-18-7-3-2-4-11(18)9-19-13-8-12(15)16-14(17-13)10-5-6-10/h8,10-11H,2-7,9H2,1H3. The summed E-state index contributed by atoms with van der Waals surface area (Å²) in [6.07, 6.45) is 6.12. The van der Waals surface area contributed by atoms with Crippen molar-refractivity contribution in [3.8, 4) is 5.88 Å². The summed E-state index contributed by atoms with van der Waals surface area (Å²) in [6.45, 7) is 1.85. The molecule has 104 valence electrons. The highest BCUT2D eigenvalue weighted by Crippen LogP contribution is 2.39. The van der Waals surface area contributed by atoms with E-state index in [1.54, 1.807) is 6.07 Å². The van der Waals surface area contributed by atoms with E-state index >= 15 is 0 Å².